The molecular weight excluding hydrogens is 323 g/mol. The molecule has 124 valence electrons. The van der Waals surface area contributed by atoms with Crippen LogP contribution in [-0.2, 0) is 0 Å². The highest BCUT2D eigenvalue weighted by Gasteiger charge is 2.14. The lowest BCUT2D eigenvalue weighted by Crippen LogP contribution is -2.12. The summed E-state index contributed by atoms with van der Waals surface area (Å²) in [5.41, 5.74) is 3.02. The van der Waals surface area contributed by atoms with E-state index in [1.807, 2.05) is 6.92 Å². The number of amides is 1. The molecule has 0 saturated heterocycles. The highest BCUT2D eigenvalue weighted by Crippen LogP contribution is 2.24. The Morgan fingerprint density at radius 1 is 1.24 bits per heavy atom. The van der Waals surface area contributed by atoms with Gasteiger partial charge in [-0.05, 0) is 42.8 Å². The third-order valence-corrected chi connectivity index (χ3v) is 3.92. The number of nitrogens with zero attached hydrogens (tertiary/aromatic N) is 2. The van der Waals surface area contributed by atoms with E-state index in [1.165, 1.54) is 18.5 Å². The number of nitrogens with one attached hydrogen (secondary N) is 2. The Morgan fingerprint density at radius 3 is 2.88 bits per heavy atom. The van der Waals surface area contributed by atoms with Gasteiger partial charge in [-0.3, -0.25) is 4.79 Å². The van der Waals surface area contributed by atoms with Crippen molar-refractivity contribution in [2.75, 3.05) is 5.32 Å². The number of halogens is 1. The first kappa shape index (κ1) is 15.1. The van der Waals surface area contributed by atoms with Crippen LogP contribution in [0.4, 0.5) is 10.1 Å². The predicted molar refractivity (Wildman–Crippen MR) is 90.7 cm³/mol. The van der Waals surface area contributed by atoms with E-state index in [2.05, 4.69) is 20.4 Å². The van der Waals surface area contributed by atoms with Crippen molar-refractivity contribution in [1.82, 2.24) is 15.1 Å². The first-order valence-electron chi connectivity index (χ1n) is 7.58. The van der Waals surface area contributed by atoms with Crippen LogP contribution in [0.15, 0.2) is 53.3 Å². The number of carbonyl (C=O) groups is 1. The lowest BCUT2D eigenvalue weighted by Gasteiger charge is -2.04. The van der Waals surface area contributed by atoms with Crippen LogP contribution in [0.1, 0.15) is 16.1 Å². The van der Waals surface area contributed by atoms with Crippen molar-refractivity contribution in [1.29, 1.82) is 0 Å². The lowest BCUT2D eigenvalue weighted by molar-refractivity contribution is 0.102. The smallest absolute Gasteiger partial charge is 0.272 e. The summed E-state index contributed by atoms with van der Waals surface area (Å²) in [6.45, 7) is 1.85. The Kier molecular flexibility index (Phi) is 3.53. The summed E-state index contributed by atoms with van der Waals surface area (Å²) < 4.78 is 18.9. The van der Waals surface area contributed by atoms with Gasteiger partial charge in [0.2, 0.25) is 0 Å². The van der Waals surface area contributed by atoms with Crippen LogP contribution in [0, 0.1) is 12.7 Å². The number of rotatable bonds is 3. The number of aromatic nitrogens is 3. The Bertz CT molecular complexity index is 1030. The third kappa shape index (κ3) is 2.76. The number of hydrogen-bond donors (Lipinski definition) is 2. The Morgan fingerprint density at radius 2 is 2.12 bits per heavy atom. The highest BCUT2D eigenvalue weighted by atomic mass is 19.1. The van der Waals surface area contributed by atoms with Crippen LogP contribution in [0.25, 0.3) is 22.4 Å². The van der Waals surface area contributed by atoms with Gasteiger partial charge < -0.3 is 14.8 Å². The monoisotopic (exact) mass is 336 g/mol. The average molecular weight is 336 g/mol. The molecule has 2 heterocycles. The van der Waals surface area contributed by atoms with Crippen molar-refractivity contribution in [3.8, 4) is 11.5 Å². The minimum atomic E-state index is -0.366. The van der Waals surface area contributed by atoms with E-state index in [4.69, 9.17) is 4.52 Å². The van der Waals surface area contributed by atoms with E-state index in [9.17, 15) is 9.18 Å². The Balaban J connectivity index is 1.63. The number of carbonyl (C=O) groups excluding carboxylic acids is 1. The van der Waals surface area contributed by atoms with Gasteiger partial charge in [0, 0.05) is 16.6 Å². The van der Waals surface area contributed by atoms with E-state index in [-0.39, 0.29) is 17.4 Å². The second-order valence-corrected chi connectivity index (χ2v) is 5.62. The molecule has 0 aliphatic carbocycles. The van der Waals surface area contributed by atoms with E-state index >= 15 is 0 Å². The summed E-state index contributed by atoms with van der Waals surface area (Å²) in [6, 6.07) is 11.6. The minimum absolute atomic E-state index is 0.284. The summed E-state index contributed by atoms with van der Waals surface area (Å²) in [5, 5.41) is 6.73. The van der Waals surface area contributed by atoms with Gasteiger partial charge in [-0.2, -0.15) is 4.98 Å². The van der Waals surface area contributed by atoms with E-state index in [1.54, 1.807) is 30.3 Å². The minimum Gasteiger partial charge on any atom is -0.350 e. The van der Waals surface area contributed by atoms with Gasteiger partial charge in [-0.1, -0.05) is 17.3 Å². The fourth-order valence-electron chi connectivity index (χ4n) is 2.68. The van der Waals surface area contributed by atoms with Crippen molar-refractivity contribution >= 4 is 22.5 Å². The fraction of sp³-hybridized carbons (Fsp3) is 0.0556. The second-order valence-electron chi connectivity index (χ2n) is 5.62. The number of benzene rings is 2. The molecule has 0 aliphatic rings. The van der Waals surface area contributed by atoms with Crippen LogP contribution in [0.5, 0.6) is 0 Å². The summed E-state index contributed by atoms with van der Waals surface area (Å²) in [5.74, 6) is -0.369. The van der Waals surface area contributed by atoms with Gasteiger partial charge >= 0.3 is 0 Å². The summed E-state index contributed by atoms with van der Waals surface area (Å²) in [6.07, 6.45) is 1.31. The maximum Gasteiger partial charge on any atom is 0.272 e. The van der Waals surface area contributed by atoms with Crippen LogP contribution in [0.2, 0.25) is 0 Å². The van der Waals surface area contributed by atoms with Crippen molar-refractivity contribution < 1.29 is 13.7 Å². The van der Waals surface area contributed by atoms with E-state index in [0.717, 1.165) is 5.56 Å². The standard InChI is InChI=1S/C18H13FN4O2/c1-10-5-6-14(19)13-8-15(23-16(10)13)17(24)22-12-4-2-3-11(7-12)18-20-9-21-25-18/h2-9,23H,1H3,(H,22,24). The van der Waals surface area contributed by atoms with Crippen molar-refractivity contribution in [3.05, 3.63) is 65.9 Å². The number of anilines is 1. The van der Waals surface area contributed by atoms with Crippen molar-refractivity contribution in [2.24, 2.45) is 0 Å². The molecule has 2 aromatic carbocycles. The zero-order valence-corrected chi connectivity index (χ0v) is 13.2. The maximum atomic E-state index is 13.9. The average Bonchev–Trinajstić information content (AvgIpc) is 3.28. The number of aromatic amines is 1. The van der Waals surface area contributed by atoms with Gasteiger partial charge in [-0.25, -0.2) is 4.39 Å². The fourth-order valence-corrected chi connectivity index (χ4v) is 2.68. The Hall–Kier alpha value is -3.48. The van der Waals surface area contributed by atoms with Crippen LogP contribution in [0.3, 0.4) is 0 Å². The van der Waals surface area contributed by atoms with Crippen LogP contribution in [-0.4, -0.2) is 21.0 Å². The normalized spacial score (nSPS) is 11.0. The van der Waals surface area contributed by atoms with Gasteiger partial charge in [-0.15, -0.1) is 0 Å². The molecular formula is C18H13FN4O2. The van der Waals surface area contributed by atoms with Gasteiger partial charge in [0.15, 0.2) is 6.33 Å². The van der Waals surface area contributed by atoms with Crippen LogP contribution < -0.4 is 5.32 Å². The number of H-pyrrole nitrogens is 1. The SMILES string of the molecule is Cc1ccc(F)c2cc(C(=O)Nc3cccc(-c4ncno4)c3)[nH]c12. The maximum absolute atomic E-state index is 13.9. The van der Waals surface area contributed by atoms with Crippen molar-refractivity contribution in [2.45, 2.75) is 6.92 Å². The largest absolute Gasteiger partial charge is 0.350 e. The number of aryl methyl sites for hydroxylation is 1. The predicted octanol–water partition coefficient (Wildman–Crippen LogP) is 3.92. The molecule has 0 atom stereocenters. The van der Waals surface area contributed by atoms with Gasteiger partial charge in [0.05, 0.1) is 5.52 Å². The zero-order chi connectivity index (χ0) is 17.4. The topological polar surface area (TPSA) is 83.8 Å². The van der Waals surface area contributed by atoms with E-state index < -0.39 is 0 Å². The molecule has 0 radical (unpaired) electrons. The molecule has 4 rings (SSSR count). The summed E-state index contributed by atoms with van der Waals surface area (Å²) in [7, 11) is 0. The third-order valence-electron chi connectivity index (χ3n) is 3.92. The highest BCUT2D eigenvalue weighted by molar-refractivity contribution is 6.06. The molecule has 4 aromatic rings. The lowest BCUT2D eigenvalue weighted by atomic mass is 10.1. The zero-order valence-electron chi connectivity index (χ0n) is 13.2. The molecule has 2 aromatic heterocycles. The number of hydrogen-bond acceptors (Lipinski definition) is 4. The first-order valence-corrected chi connectivity index (χ1v) is 7.58. The number of fused-ring (bicyclic) bond motifs is 1. The molecule has 6 nitrogen and oxygen atoms in total. The molecule has 0 bridgehead atoms. The molecule has 0 spiro atoms. The molecule has 0 saturated carbocycles. The molecule has 7 heteroatoms. The molecule has 25 heavy (non-hydrogen) atoms. The molecule has 2 N–H and O–H groups in total. The quantitative estimate of drug-likeness (QED) is 0.594. The Labute approximate surface area is 141 Å². The second kappa shape index (κ2) is 5.86. The molecule has 0 fully saturated rings. The summed E-state index contributed by atoms with van der Waals surface area (Å²) >= 11 is 0. The molecule has 0 aliphatic heterocycles. The van der Waals surface area contributed by atoms with Crippen LogP contribution >= 0.6 is 0 Å². The first-order chi connectivity index (χ1) is 12.1. The summed E-state index contributed by atoms with van der Waals surface area (Å²) in [4.78, 5) is 19.4. The van der Waals surface area contributed by atoms with Gasteiger partial charge in [0.1, 0.15) is 11.5 Å². The molecule has 0 unspecified atom stereocenters. The van der Waals surface area contributed by atoms with E-state index in [0.29, 0.717) is 28.0 Å². The van der Waals surface area contributed by atoms with Crippen molar-refractivity contribution in [3.63, 3.8) is 0 Å². The molecule has 1 amide bonds. The van der Waals surface area contributed by atoms with Gasteiger partial charge in [0.25, 0.3) is 11.8 Å².